The molecule has 0 heterocycles. The van der Waals surface area contributed by atoms with Gasteiger partial charge in [0.25, 0.3) is 0 Å². The predicted octanol–water partition coefficient (Wildman–Crippen LogP) is 4.86. The molecule has 3 atom stereocenters. The van der Waals surface area contributed by atoms with E-state index in [4.69, 9.17) is 0 Å². The third-order valence-electron chi connectivity index (χ3n) is 7.21. The monoisotopic (exact) mass is 572 g/mol. The summed E-state index contributed by atoms with van der Waals surface area (Å²) < 4.78 is 23.5. The van der Waals surface area contributed by atoms with Crippen LogP contribution in [-0.2, 0) is 30.6 Å². The first kappa shape index (κ1) is 33.0. The molecule has 2 rings (SSSR count). The Bertz CT molecular complexity index is 1250. The Balaban J connectivity index is 2.22. The number of unbranched alkanes of at least 4 members (excludes halogenated alkanes) is 1. The first-order valence-electron chi connectivity index (χ1n) is 13.8. The number of hydrogen-bond acceptors (Lipinski definition) is 5. The highest BCUT2D eigenvalue weighted by Gasteiger charge is 2.35. The molecule has 2 aromatic rings. The average molecular weight is 573 g/mol. The van der Waals surface area contributed by atoms with Crippen molar-refractivity contribution in [2.75, 3.05) is 13.3 Å². The van der Waals surface area contributed by atoms with Gasteiger partial charge in [-0.2, -0.15) is 0 Å². The second-order valence-corrected chi connectivity index (χ2v) is 13.6. The first-order valence-corrected chi connectivity index (χ1v) is 15.7. The van der Waals surface area contributed by atoms with Crippen molar-refractivity contribution >= 4 is 27.6 Å². The number of benzene rings is 2. The highest BCUT2D eigenvalue weighted by Crippen LogP contribution is 2.27. The molecule has 0 radical (unpaired) electrons. The van der Waals surface area contributed by atoms with Gasteiger partial charge in [0, 0.05) is 19.2 Å². The number of aliphatic carboxylic acids is 1. The average Bonchev–Trinajstić information content (AvgIpc) is 2.89. The number of aryl methyl sites for hydroxylation is 1. The van der Waals surface area contributed by atoms with E-state index in [1.165, 1.54) is 13.3 Å². The SMILES string of the molecule is CCCC[C@@H](C[C@@H](CCc1ccc(-c2ccc(S(C)(=O)=O)cc2)cc1)C(=O)N[C@H](C(=O)NC)C(C)(C)C)C(=O)O. The van der Waals surface area contributed by atoms with E-state index in [1.807, 2.05) is 52.0 Å². The molecule has 0 aliphatic rings. The minimum absolute atomic E-state index is 0.205. The van der Waals surface area contributed by atoms with Crippen molar-refractivity contribution in [2.24, 2.45) is 17.3 Å². The van der Waals surface area contributed by atoms with Crippen LogP contribution in [0.1, 0.15) is 65.4 Å². The Morgan fingerprint density at radius 3 is 1.88 bits per heavy atom. The van der Waals surface area contributed by atoms with Gasteiger partial charge in [-0.1, -0.05) is 76.9 Å². The quantitative estimate of drug-likeness (QED) is 0.296. The van der Waals surface area contributed by atoms with Gasteiger partial charge < -0.3 is 15.7 Å². The molecular weight excluding hydrogens is 528 g/mol. The fraction of sp³-hybridized carbons (Fsp3) is 0.516. The molecule has 8 nitrogen and oxygen atoms in total. The summed E-state index contributed by atoms with van der Waals surface area (Å²) in [5.74, 6) is -2.72. The zero-order valence-corrected chi connectivity index (χ0v) is 25.3. The summed E-state index contributed by atoms with van der Waals surface area (Å²) in [7, 11) is -1.74. The van der Waals surface area contributed by atoms with E-state index in [-0.39, 0.29) is 23.1 Å². The number of amides is 2. The molecule has 0 aliphatic heterocycles. The lowest BCUT2D eigenvalue weighted by Gasteiger charge is -2.31. The number of carboxylic acid groups (broad SMARTS) is 1. The van der Waals surface area contributed by atoms with Crippen LogP contribution >= 0.6 is 0 Å². The van der Waals surface area contributed by atoms with E-state index in [1.54, 1.807) is 24.3 Å². The van der Waals surface area contributed by atoms with Gasteiger partial charge >= 0.3 is 5.97 Å². The van der Waals surface area contributed by atoms with Crippen molar-refractivity contribution < 1.29 is 27.9 Å². The van der Waals surface area contributed by atoms with E-state index < -0.39 is 39.1 Å². The van der Waals surface area contributed by atoms with Crippen LogP contribution in [0.15, 0.2) is 53.4 Å². The van der Waals surface area contributed by atoms with Gasteiger partial charge in [0.05, 0.1) is 10.8 Å². The number of carbonyl (C=O) groups is 3. The molecule has 0 saturated carbocycles. The molecule has 0 spiro atoms. The van der Waals surface area contributed by atoms with Gasteiger partial charge in [0.1, 0.15) is 6.04 Å². The number of carbonyl (C=O) groups excluding carboxylic acids is 2. The minimum atomic E-state index is -3.26. The van der Waals surface area contributed by atoms with E-state index in [0.29, 0.717) is 19.3 Å². The Kier molecular flexibility index (Phi) is 11.9. The topological polar surface area (TPSA) is 130 Å². The molecule has 9 heteroatoms. The number of sulfone groups is 1. The lowest BCUT2D eigenvalue weighted by molar-refractivity contribution is -0.143. The lowest BCUT2D eigenvalue weighted by atomic mass is 9.83. The zero-order chi connectivity index (χ0) is 30.1. The number of likely N-dealkylation sites (N-methyl/N-ethyl adjacent to an activating group) is 1. The molecule has 0 unspecified atom stereocenters. The normalized spacial score (nSPS) is 14.2. The summed E-state index contributed by atoms with van der Waals surface area (Å²) in [4.78, 5) is 38.3. The first-order chi connectivity index (χ1) is 18.7. The van der Waals surface area contributed by atoms with Gasteiger partial charge in [-0.25, -0.2) is 8.42 Å². The fourth-order valence-electron chi connectivity index (χ4n) is 4.67. The largest absolute Gasteiger partial charge is 0.481 e. The molecule has 220 valence electrons. The van der Waals surface area contributed by atoms with E-state index in [2.05, 4.69) is 10.6 Å². The Labute approximate surface area is 238 Å². The van der Waals surface area contributed by atoms with Crippen LogP contribution in [0, 0.1) is 17.3 Å². The molecule has 2 aromatic carbocycles. The van der Waals surface area contributed by atoms with Crippen molar-refractivity contribution in [3.05, 3.63) is 54.1 Å². The van der Waals surface area contributed by atoms with Crippen molar-refractivity contribution in [3.8, 4) is 11.1 Å². The third kappa shape index (κ3) is 9.77. The van der Waals surface area contributed by atoms with Gasteiger partial charge in [-0.15, -0.1) is 0 Å². The molecule has 40 heavy (non-hydrogen) atoms. The maximum Gasteiger partial charge on any atom is 0.306 e. The summed E-state index contributed by atoms with van der Waals surface area (Å²) in [6.45, 7) is 7.63. The van der Waals surface area contributed by atoms with Gasteiger partial charge in [0.2, 0.25) is 11.8 Å². The van der Waals surface area contributed by atoms with Crippen LogP contribution in [0.3, 0.4) is 0 Å². The molecule has 0 bridgehead atoms. The van der Waals surface area contributed by atoms with E-state index >= 15 is 0 Å². The summed E-state index contributed by atoms with van der Waals surface area (Å²) in [5, 5.41) is 15.3. The second kappa shape index (κ2) is 14.4. The van der Waals surface area contributed by atoms with Gasteiger partial charge in [-0.3, -0.25) is 14.4 Å². The molecule has 0 aromatic heterocycles. The van der Waals surface area contributed by atoms with Crippen LogP contribution in [0.5, 0.6) is 0 Å². The summed E-state index contributed by atoms with van der Waals surface area (Å²) in [6.07, 6.45) is 4.51. The molecule has 0 fully saturated rings. The van der Waals surface area contributed by atoms with E-state index in [0.717, 1.165) is 29.5 Å². The maximum atomic E-state index is 13.5. The maximum absolute atomic E-state index is 13.5. The van der Waals surface area contributed by atoms with Crippen LogP contribution in [0.25, 0.3) is 11.1 Å². The molecular formula is C31H44N2O6S. The fourth-order valence-corrected chi connectivity index (χ4v) is 5.30. The van der Waals surface area contributed by atoms with Crippen LogP contribution in [-0.4, -0.2) is 50.7 Å². The van der Waals surface area contributed by atoms with Crippen molar-refractivity contribution in [2.45, 2.75) is 77.2 Å². The Morgan fingerprint density at radius 2 is 1.43 bits per heavy atom. The predicted molar refractivity (Wildman–Crippen MR) is 158 cm³/mol. The minimum Gasteiger partial charge on any atom is -0.481 e. The van der Waals surface area contributed by atoms with Crippen molar-refractivity contribution in [3.63, 3.8) is 0 Å². The van der Waals surface area contributed by atoms with Crippen LogP contribution in [0.2, 0.25) is 0 Å². The highest BCUT2D eigenvalue weighted by atomic mass is 32.2. The number of hydrogen-bond donors (Lipinski definition) is 3. The molecule has 0 saturated heterocycles. The lowest BCUT2D eigenvalue weighted by Crippen LogP contribution is -2.54. The third-order valence-corrected chi connectivity index (χ3v) is 8.34. The summed E-state index contributed by atoms with van der Waals surface area (Å²) in [5.41, 5.74) is 2.29. The van der Waals surface area contributed by atoms with Crippen LogP contribution < -0.4 is 10.6 Å². The standard InChI is InChI=1S/C31H44N2O6S/c1-7-8-9-25(30(36)37)20-24(28(34)33-27(29(35)32-5)31(2,3)4)15-12-21-10-13-22(14-11-21)23-16-18-26(19-17-23)40(6,38)39/h10-11,13-14,16-19,24-25,27H,7-9,12,15,20H2,1-6H3,(H,32,35)(H,33,34)(H,36,37)/t24-,25+,27-/m1/s1. The summed E-state index contributed by atoms with van der Waals surface area (Å²) >= 11 is 0. The van der Waals surface area contributed by atoms with Crippen molar-refractivity contribution in [1.82, 2.24) is 10.6 Å². The number of nitrogens with one attached hydrogen (secondary N) is 2. The zero-order valence-electron chi connectivity index (χ0n) is 24.5. The Morgan fingerprint density at radius 1 is 0.875 bits per heavy atom. The number of rotatable bonds is 14. The van der Waals surface area contributed by atoms with Gasteiger partial charge in [-0.05, 0) is 59.9 Å². The van der Waals surface area contributed by atoms with Crippen LogP contribution in [0.4, 0.5) is 0 Å². The van der Waals surface area contributed by atoms with Crippen molar-refractivity contribution in [1.29, 1.82) is 0 Å². The second-order valence-electron chi connectivity index (χ2n) is 11.6. The van der Waals surface area contributed by atoms with E-state index in [9.17, 15) is 27.9 Å². The smallest absolute Gasteiger partial charge is 0.306 e. The molecule has 2 amide bonds. The van der Waals surface area contributed by atoms with Gasteiger partial charge in [0.15, 0.2) is 9.84 Å². The molecule has 0 aliphatic carbocycles. The Hall–Kier alpha value is -3.20. The molecule has 3 N–H and O–H groups in total. The number of carboxylic acids is 1. The summed E-state index contributed by atoms with van der Waals surface area (Å²) in [6, 6.07) is 13.8. The highest BCUT2D eigenvalue weighted by molar-refractivity contribution is 7.90.